The van der Waals surface area contributed by atoms with Crippen LogP contribution in [0.15, 0.2) is 5.16 Å². The first-order valence-corrected chi connectivity index (χ1v) is 7.94. The second-order valence-electron chi connectivity index (χ2n) is 4.80. The first kappa shape index (κ1) is 18.3. The molecule has 1 aromatic rings. The van der Waals surface area contributed by atoms with Gasteiger partial charge in [-0.2, -0.15) is 13.2 Å². The summed E-state index contributed by atoms with van der Waals surface area (Å²) in [5.41, 5.74) is 0. The predicted octanol–water partition coefficient (Wildman–Crippen LogP) is 1.39. The lowest BCUT2D eigenvalue weighted by Gasteiger charge is -2.28. The van der Waals surface area contributed by atoms with Crippen LogP contribution >= 0.6 is 11.8 Å². The molecule has 0 bridgehead atoms. The lowest BCUT2D eigenvalue weighted by molar-refractivity contribution is -0.141. The van der Waals surface area contributed by atoms with E-state index < -0.39 is 19.0 Å². The molecule has 0 N–H and O–H groups in total. The fourth-order valence-electron chi connectivity index (χ4n) is 2.08. The summed E-state index contributed by atoms with van der Waals surface area (Å²) in [7, 11) is 2.93. The fraction of sp³-hybridized carbons (Fsp3) is 0.833. The van der Waals surface area contributed by atoms with Gasteiger partial charge in [-0.15, -0.1) is 10.2 Å². The van der Waals surface area contributed by atoms with Gasteiger partial charge in [-0.25, -0.2) is 0 Å². The van der Waals surface area contributed by atoms with Gasteiger partial charge in [0.1, 0.15) is 6.54 Å². The Labute approximate surface area is 136 Å². The summed E-state index contributed by atoms with van der Waals surface area (Å²) in [5.74, 6) is 0.519. The minimum absolute atomic E-state index is 0.183. The number of methoxy groups -OCH3 is 2. The topological polar surface area (TPSA) is 61.6 Å². The van der Waals surface area contributed by atoms with E-state index in [1.54, 1.807) is 4.90 Å². The summed E-state index contributed by atoms with van der Waals surface area (Å²) < 4.78 is 55.1. The number of thioether (sulfide) groups is 1. The van der Waals surface area contributed by atoms with Gasteiger partial charge < -0.3 is 19.1 Å². The van der Waals surface area contributed by atoms with E-state index in [9.17, 15) is 13.2 Å². The molecule has 0 amide bonds. The Hall–Kier alpha value is -1.04. The lowest BCUT2D eigenvalue weighted by Crippen LogP contribution is -2.38. The van der Waals surface area contributed by atoms with E-state index in [2.05, 4.69) is 10.2 Å². The van der Waals surface area contributed by atoms with Crippen LogP contribution in [0.1, 0.15) is 0 Å². The van der Waals surface area contributed by atoms with Gasteiger partial charge in [0.2, 0.25) is 5.95 Å². The molecule has 0 radical (unpaired) electrons. The molecule has 11 heteroatoms. The highest BCUT2D eigenvalue weighted by Gasteiger charge is 2.33. The molecule has 0 saturated carbocycles. The molecule has 2 rings (SSSR count). The van der Waals surface area contributed by atoms with Gasteiger partial charge in [0.25, 0.3) is 0 Å². The second kappa shape index (κ2) is 8.18. The number of hydrogen-bond donors (Lipinski definition) is 0. The number of anilines is 1. The van der Waals surface area contributed by atoms with Gasteiger partial charge in [0.05, 0.1) is 19.0 Å². The van der Waals surface area contributed by atoms with Crippen molar-refractivity contribution in [2.45, 2.75) is 24.2 Å². The summed E-state index contributed by atoms with van der Waals surface area (Å²) in [6.07, 6.45) is -4.89. The number of morpholine rings is 1. The molecule has 1 fully saturated rings. The van der Waals surface area contributed by atoms with Crippen molar-refractivity contribution < 1.29 is 27.4 Å². The summed E-state index contributed by atoms with van der Waals surface area (Å²) >= 11 is 1.11. The molecular formula is C12H19F3N4O3S. The van der Waals surface area contributed by atoms with Crippen molar-refractivity contribution in [3.63, 3.8) is 0 Å². The van der Waals surface area contributed by atoms with E-state index in [0.717, 1.165) is 16.3 Å². The average molecular weight is 356 g/mol. The van der Waals surface area contributed by atoms with E-state index in [1.807, 2.05) is 0 Å². The minimum atomic E-state index is -4.36. The number of halogens is 3. The van der Waals surface area contributed by atoms with Crippen LogP contribution in [-0.4, -0.2) is 73.5 Å². The zero-order chi connectivity index (χ0) is 16.9. The number of ether oxygens (including phenoxy) is 3. The van der Waals surface area contributed by atoms with Gasteiger partial charge >= 0.3 is 6.18 Å². The molecule has 0 atom stereocenters. The van der Waals surface area contributed by atoms with E-state index in [-0.39, 0.29) is 11.1 Å². The van der Waals surface area contributed by atoms with Crippen LogP contribution in [0.3, 0.4) is 0 Å². The third-order valence-corrected chi connectivity index (χ3v) is 4.20. The summed E-state index contributed by atoms with van der Waals surface area (Å²) in [4.78, 5) is 1.75. The van der Waals surface area contributed by atoms with E-state index in [4.69, 9.17) is 14.2 Å². The van der Waals surface area contributed by atoms with E-state index in [0.29, 0.717) is 32.1 Å². The molecule has 0 unspecified atom stereocenters. The highest BCUT2D eigenvalue weighted by Crippen LogP contribution is 2.28. The third kappa shape index (κ3) is 5.23. The Morgan fingerprint density at radius 1 is 1.22 bits per heavy atom. The molecule has 1 aliphatic rings. The molecule has 1 aliphatic heterocycles. The summed E-state index contributed by atoms with van der Waals surface area (Å²) in [6, 6.07) is 0. The number of nitrogens with zero attached hydrogens (tertiary/aromatic N) is 4. The average Bonchev–Trinajstić information content (AvgIpc) is 2.90. The number of hydrogen-bond acceptors (Lipinski definition) is 7. The fourth-order valence-corrected chi connectivity index (χ4v) is 3.04. The first-order chi connectivity index (χ1) is 10.9. The van der Waals surface area contributed by atoms with Crippen LogP contribution in [0.4, 0.5) is 19.1 Å². The lowest BCUT2D eigenvalue weighted by atomic mass is 10.4. The number of rotatable bonds is 7. The Balaban J connectivity index is 2.18. The second-order valence-corrected chi connectivity index (χ2v) is 5.78. The van der Waals surface area contributed by atoms with Crippen LogP contribution in [0, 0.1) is 0 Å². The summed E-state index contributed by atoms with van der Waals surface area (Å²) in [5, 5.41) is 8.02. The monoisotopic (exact) mass is 356 g/mol. The molecule has 132 valence electrons. The van der Waals surface area contributed by atoms with Crippen molar-refractivity contribution in [3.05, 3.63) is 0 Å². The van der Waals surface area contributed by atoms with Crippen LogP contribution in [0.25, 0.3) is 0 Å². The smallest absolute Gasteiger partial charge is 0.378 e. The predicted molar refractivity (Wildman–Crippen MR) is 77.6 cm³/mol. The molecule has 7 nitrogen and oxygen atoms in total. The highest BCUT2D eigenvalue weighted by molar-refractivity contribution is 7.99. The quantitative estimate of drug-likeness (QED) is 0.540. The molecule has 0 aliphatic carbocycles. The van der Waals surface area contributed by atoms with E-state index >= 15 is 0 Å². The Morgan fingerprint density at radius 3 is 2.43 bits per heavy atom. The van der Waals surface area contributed by atoms with Crippen molar-refractivity contribution in [2.24, 2.45) is 0 Å². The van der Waals surface area contributed by atoms with Crippen molar-refractivity contribution in [1.29, 1.82) is 0 Å². The first-order valence-electron chi connectivity index (χ1n) is 6.95. The van der Waals surface area contributed by atoms with Crippen LogP contribution in [0.2, 0.25) is 0 Å². The Morgan fingerprint density at radius 2 is 1.87 bits per heavy atom. The summed E-state index contributed by atoms with van der Waals surface area (Å²) in [6.45, 7) is 0.742. The van der Waals surface area contributed by atoms with Gasteiger partial charge in [-0.1, -0.05) is 11.8 Å². The molecule has 1 saturated heterocycles. The van der Waals surface area contributed by atoms with Crippen LogP contribution < -0.4 is 4.90 Å². The maximum atomic E-state index is 12.9. The van der Waals surface area contributed by atoms with Gasteiger partial charge in [-0.05, 0) is 0 Å². The minimum Gasteiger partial charge on any atom is -0.378 e. The number of aromatic nitrogens is 3. The largest absolute Gasteiger partial charge is 0.406 e. The van der Waals surface area contributed by atoms with Gasteiger partial charge in [0.15, 0.2) is 11.4 Å². The van der Waals surface area contributed by atoms with Crippen LogP contribution in [0.5, 0.6) is 0 Å². The molecule has 0 spiro atoms. The number of alkyl halides is 3. The Kier molecular flexibility index (Phi) is 6.50. The molecular weight excluding hydrogens is 337 g/mol. The van der Waals surface area contributed by atoms with Crippen molar-refractivity contribution in [2.75, 3.05) is 51.2 Å². The maximum absolute atomic E-state index is 12.9. The van der Waals surface area contributed by atoms with Gasteiger partial charge in [0, 0.05) is 27.3 Å². The van der Waals surface area contributed by atoms with Crippen molar-refractivity contribution in [3.8, 4) is 0 Å². The van der Waals surface area contributed by atoms with E-state index in [1.165, 1.54) is 14.2 Å². The third-order valence-electron chi connectivity index (χ3n) is 3.20. The highest BCUT2D eigenvalue weighted by atomic mass is 32.2. The SMILES string of the molecule is COC(CSc1nnc(N2CCOCC2)n1CC(F)(F)F)OC. The van der Waals surface area contributed by atoms with Crippen molar-refractivity contribution in [1.82, 2.24) is 14.8 Å². The molecule has 2 heterocycles. The Bertz CT molecular complexity index is 490. The maximum Gasteiger partial charge on any atom is 0.406 e. The zero-order valence-electron chi connectivity index (χ0n) is 12.9. The normalized spacial score (nSPS) is 16.3. The van der Waals surface area contributed by atoms with Crippen LogP contribution in [-0.2, 0) is 20.8 Å². The van der Waals surface area contributed by atoms with Gasteiger partial charge in [-0.3, -0.25) is 4.57 Å². The molecule has 23 heavy (non-hydrogen) atoms. The zero-order valence-corrected chi connectivity index (χ0v) is 13.7. The van der Waals surface area contributed by atoms with Crippen molar-refractivity contribution >= 4 is 17.7 Å². The molecule has 0 aromatic carbocycles. The standard InChI is InChI=1S/C12H19F3N4O3S/c1-20-9(21-2)7-23-11-17-16-10(18-3-5-22-6-4-18)19(11)8-12(13,14)15/h9H,3-8H2,1-2H3. The molecule has 1 aromatic heterocycles.